The van der Waals surface area contributed by atoms with Crippen LogP contribution in [0.4, 0.5) is 4.79 Å². The summed E-state index contributed by atoms with van der Waals surface area (Å²) in [5.41, 5.74) is 2.11. The first-order chi connectivity index (χ1) is 11.1. The molecule has 0 unspecified atom stereocenters. The van der Waals surface area contributed by atoms with E-state index in [2.05, 4.69) is 15.6 Å². The number of ether oxygens (including phenoxy) is 1. The van der Waals surface area contributed by atoms with Gasteiger partial charge in [-0.3, -0.25) is 4.79 Å². The van der Waals surface area contributed by atoms with Crippen LogP contribution in [0.3, 0.4) is 0 Å². The van der Waals surface area contributed by atoms with Gasteiger partial charge < -0.3 is 20.4 Å². The van der Waals surface area contributed by atoms with E-state index in [1.807, 2.05) is 40.7 Å². The summed E-state index contributed by atoms with van der Waals surface area (Å²) in [5, 5.41) is 6.00. The first-order valence-corrected chi connectivity index (χ1v) is 8.60. The van der Waals surface area contributed by atoms with Gasteiger partial charge in [-0.1, -0.05) is 0 Å². The molecule has 6 nitrogen and oxygen atoms in total. The molecule has 2 amide bonds. The van der Waals surface area contributed by atoms with Gasteiger partial charge >= 0.3 is 6.09 Å². The Balaban J connectivity index is 1.77. The summed E-state index contributed by atoms with van der Waals surface area (Å²) < 4.78 is 5.28. The zero-order valence-electron chi connectivity index (χ0n) is 15.3. The van der Waals surface area contributed by atoms with Crippen molar-refractivity contribution >= 4 is 12.0 Å². The van der Waals surface area contributed by atoms with Crippen LogP contribution in [0.5, 0.6) is 0 Å². The van der Waals surface area contributed by atoms with Crippen LogP contribution in [0, 0.1) is 13.8 Å². The van der Waals surface area contributed by atoms with Crippen molar-refractivity contribution in [3.8, 4) is 0 Å². The van der Waals surface area contributed by atoms with Gasteiger partial charge in [0.1, 0.15) is 11.3 Å². The number of alkyl carbamates (subject to hydrolysis) is 1. The molecule has 0 aliphatic heterocycles. The first-order valence-electron chi connectivity index (χ1n) is 8.60. The maximum absolute atomic E-state index is 12.3. The molecule has 3 N–H and O–H groups in total. The molecule has 1 heterocycles. The summed E-state index contributed by atoms with van der Waals surface area (Å²) in [4.78, 5) is 27.2. The lowest BCUT2D eigenvalue weighted by Crippen LogP contribution is -2.45. The smallest absolute Gasteiger partial charge is 0.407 e. The van der Waals surface area contributed by atoms with E-state index in [-0.39, 0.29) is 24.1 Å². The molecule has 24 heavy (non-hydrogen) atoms. The van der Waals surface area contributed by atoms with Crippen LogP contribution < -0.4 is 10.6 Å². The van der Waals surface area contributed by atoms with E-state index < -0.39 is 5.60 Å². The van der Waals surface area contributed by atoms with Gasteiger partial charge in [-0.15, -0.1) is 0 Å². The van der Waals surface area contributed by atoms with Crippen LogP contribution in [0.2, 0.25) is 0 Å². The van der Waals surface area contributed by atoms with Crippen LogP contribution in [-0.4, -0.2) is 34.7 Å². The third kappa shape index (κ3) is 5.28. The molecule has 0 atom stereocenters. The van der Waals surface area contributed by atoms with Gasteiger partial charge in [-0.05, 0) is 71.9 Å². The number of aromatic amines is 1. The van der Waals surface area contributed by atoms with Crippen LogP contribution >= 0.6 is 0 Å². The SMILES string of the molecule is Cc1cc(C)c(C(=O)NC2CCC(NC(=O)OC(C)(C)C)CC2)[nH]1. The fraction of sp³-hybridized carbons (Fsp3) is 0.667. The number of H-pyrrole nitrogens is 1. The number of aryl methyl sites for hydroxylation is 2. The Bertz CT molecular complexity index is 593. The number of hydrogen-bond acceptors (Lipinski definition) is 3. The molecule has 1 aliphatic carbocycles. The molecule has 0 aromatic carbocycles. The summed E-state index contributed by atoms with van der Waals surface area (Å²) in [6.45, 7) is 9.42. The second kappa shape index (κ2) is 7.28. The van der Waals surface area contributed by atoms with Gasteiger partial charge in [-0.25, -0.2) is 4.79 Å². The largest absolute Gasteiger partial charge is 0.444 e. The molecular weight excluding hydrogens is 306 g/mol. The van der Waals surface area contributed by atoms with Crippen molar-refractivity contribution in [3.63, 3.8) is 0 Å². The van der Waals surface area contributed by atoms with Crippen molar-refractivity contribution in [2.45, 2.75) is 78.0 Å². The van der Waals surface area contributed by atoms with Crippen LogP contribution in [0.1, 0.15) is 68.2 Å². The third-order valence-corrected chi connectivity index (χ3v) is 4.16. The van der Waals surface area contributed by atoms with E-state index in [9.17, 15) is 9.59 Å². The number of rotatable bonds is 3. The minimum Gasteiger partial charge on any atom is -0.444 e. The van der Waals surface area contributed by atoms with Crippen molar-refractivity contribution in [1.82, 2.24) is 15.6 Å². The number of amides is 2. The van der Waals surface area contributed by atoms with Crippen LogP contribution in [0.25, 0.3) is 0 Å². The molecule has 0 radical (unpaired) electrons. The molecule has 0 bridgehead atoms. The Morgan fingerprint density at radius 1 is 1.08 bits per heavy atom. The van der Waals surface area contributed by atoms with Crippen molar-refractivity contribution < 1.29 is 14.3 Å². The minimum atomic E-state index is -0.485. The lowest BCUT2D eigenvalue weighted by Gasteiger charge is -2.30. The molecule has 1 aliphatic rings. The van der Waals surface area contributed by atoms with Crippen LogP contribution in [-0.2, 0) is 4.74 Å². The zero-order valence-corrected chi connectivity index (χ0v) is 15.3. The summed E-state index contributed by atoms with van der Waals surface area (Å²) in [6, 6.07) is 2.23. The summed E-state index contributed by atoms with van der Waals surface area (Å²) in [7, 11) is 0. The lowest BCUT2D eigenvalue weighted by molar-refractivity contribution is 0.0488. The predicted molar refractivity (Wildman–Crippen MR) is 93.1 cm³/mol. The van der Waals surface area contributed by atoms with Crippen molar-refractivity contribution in [3.05, 3.63) is 23.0 Å². The molecule has 0 saturated heterocycles. The Hall–Kier alpha value is -1.98. The van der Waals surface area contributed by atoms with Gasteiger partial charge in [0.2, 0.25) is 0 Å². The predicted octanol–water partition coefficient (Wildman–Crippen LogP) is 3.20. The van der Waals surface area contributed by atoms with E-state index in [1.165, 1.54) is 0 Å². The van der Waals surface area contributed by atoms with Gasteiger partial charge in [0.15, 0.2) is 0 Å². The Morgan fingerprint density at radius 3 is 2.08 bits per heavy atom. The Labute approximate surface area is 143 Å². The summed E-state index contributed by atoms with van der Waals surface area (Å²) >= 11 is 0. The van der Waals surface area contributed by atoms with E-state index in [0.717, 1.165) is 36.9 Å². The Kier molecular flexibility index (Phi) is 5.57. The standard InChI is InChI=1S/C18H29N3O3/c1-11-10-12(2)19-15(11)16(22)20-13-6-8-14(9-7-13)21-17(23)24-18(3,4)5/h10,13-14,19H,6-9H2,1-5H3,(H,20,22)(H,21,23). The average Bonchev–Trinajstić information content (AvgIpc) is 2.78. The number of nitrogens with one attached hydrogen (secondary N) is 3. The lowest BCUT2D eigenvalue weighted by atomic mass is 9.91. The van der Waals surface area contributed by atoms with Gasteiger partial charge in [0.25, 0.3) is 5.91 Å². The fourth-order valence-electron chi connectivity index (χ4n) is 3.08. The summed E-state index contributed by atoms with van der Waals surface area (Å²) in [5.74, 6) is -0.0517. The molecule has 1 fully saturated rings. The molecular formula is C18H29N3O3. The monoisotopic (exact) mass is 335 g/mol. The van der Waals surface area contributed by atoms with E-state index in [4.69, 9.17) is 4.74 Å². The molecule has 1 aromatic heterocycles. The molecule has 1 saturated carbocycles. The first kappa shape index (κ1) is 18.4. The van der Waals surface area contributed by atoms with E-state index in [0.29, 0.717) is 5.69 Å². The van der Waals surface area contributed by atoms with Gasteiger partial charge in [-0.2, -0.15) is 0 Å². The molecule has 6 heteroatoms. The zero-order chi connectivity index (χ0) is 17.9. The quantitative estimate of drug-likeness (QED) is 0.793. The number of carbonyl (C=O) groups is 2. The molecule has 134 valence electrons. The number of hydrogen-bond donors (Lipinski definition) is 3. The average molecular weight is 335 g/mol. The second-order valence-electron chi connectivity index (χ2n) is 7.68. The number of aromatic nitrogens is 1. The minimum absolute atomic E-state index is 0.0517. The highest BCUT2D eigenvalue weighted by Crippen LogP contribution is 2.20. The number of carbonyl (C=O) groups excluding carboxylic acids is 2. The second-order valence-corrected chi connectivity index (χ2v) is 7.68. The highest BCUT2D eigenvalue weighted by Gasteiger charge is 2.26. The maximum atomic E-state index is 12.3. The van der Waals surface area contributed by atoms with Gasteiger partial charge in [0.05, 0.1) is 0 Å². The fourth-order valence-corrected chi connectivity index (χ4v) is 3.08. The van der Waals surface area contributed by atoms with Crippen molar-refractivity contribution in [2.24, 2.45) is 0 Å². The molecule has 1 aromatic rings. The normalized spacial score (nSPS) is 21.2. The van der Waals surface area contributed by atoms with E-state index in [1.54, 1.807) is 0 Å². The maximum Gasteiger partial charge on any atom is 0.407 e. The topological polar surface area (TPSA) is 83.2 Å². The third-order valence-electron chi connectivity index (χ3n) is 4.16. The summed E-state index contributed by atoms with van der Waals surface area (Å²) in [6.07, 6.45) is 3.02. The van der Waals surface area contributed by atoms with Crippen molar-refractivity contribution in [2.75, 3.05) is 0 Å². The van der Waals surface area contributed by atoms with Crippen molar-refractivity contribution in [1.29, 1.82) is 0 Å². The van der Waals surface area contributed by atoms with E-state index >= 15 is 0 Å². The highest BCUT2D eigenvalue weighted by molar-refractivity contribution is 5.94. The molecule has 2 rings (SSSR count). The van der Waals surface area contributed by atoms with Crippen LogP contribution in [0.15, 0.2) is 6.07 Å². The van der Waals surface area contributed by atoms with Gasteiger partial charge in [0, 0.05) is 17.8 Å². The Morgan fingerprint density at radius 2 is 1.62 bits per heavy atom. The highest BCUT2D eigenvalue weighted by atomic mass is 16.6. The molecule has 0 spiro atoms.